The quantitative estimate of drug-likeness (QED) is 0.723. The minimum atomic E-state index is -0.536. The number of ether oxygens (including phenoxy) is 1. The Bertz CT molecular complexity index is 362. The predicted octanol–water partition coefficient (Wildman–Crippen LogP) is 2.37. The summed E-state index contributed by atoms with van der Waals surface area (Å²) in [6.07, 6.45) is 7.05. The van der Waals surface area contributed by atoms with Crippen molar-refractivity contribution >= 4 is 11.9 Å². The van der Waals surface area contributed by atoms with Gasteiger partial charge in [-0.3, -0.25) is 9.69 Å². The van der Waals surface area contributed by atoms with Gasteiger partial charge in [0.25, 0.3) is 0 Å². The zero-order valence-corrected chi connectivity index (χ0v) is 11.4. The molecule has 0 aromatic rings. The van der Waals surface area contributed by atoms with Crippen LogP contribution in [0.25, 0.3) is 0 Å². The summed E-state index contributed by atoms with van der Waals surface area (Å²) in [5, 5.41) is 0. The van der Waals surface area contributed by atoms with Crippen LogP contribution >= 0.6 is 0 Å². The van der Waals surface area contributed by atoms with Crippen molar-refractivity contribution in [2.24, 2.45) is 0 Å². The first-order valence-corrected chi connectivity index (χ1v) is 6.31. The van der Waals surface area contributed by atoms with E-state index in [1.807, 2.05) is 20.8 Å². The van der Waals surface area contributed by atoms with E-state index in [1.54, 1.807) is 0 Å². The fourth-order valence-electron chi connectivity index (χ4n) is 2.00. The molecule has 0 N–H and O–H groups in total. The van der Waals surface area contributed by atoms with E-state index in [0.29, 0.717) is 25.8 Å². The van der Waals surface area contributed by atoms with E-state index in [9.17, 15) is 9.59 Å². The van der Waals surface area contributed by atoms with Crippen LogP contribution in [-0.4, -0.2) is 35.0 Å². The maximum atomic E-state index is 12.0. The van der Waals surface area contributed by atoms with Crippen LogP contribution in [0, 0.1) is 12.3 Å². The largest absolute Gasteiger partial charge is 0.444 e. The molecule has 1 atom stereocenters. The Morgan fingerprint density at radius 3 is 2.67 bits per heavy atom. The number of rotatable bonds is 3. The minimum Gasteiger partial charge on any atom is -0.444 e. The smallest absolute Gasteiger partial charge is 0.410 e. The van der Waals surface area contributed by atoms with Gasteiger partial charge in [-0.15, -0.1) is 12.3 Å². The zero-order valence-electron chi connectivity index (χ0n) is 11.4. The highest BCUT2D eigenvalue weighted by Crippen LogP contribution is 2.22. The maximum absolute atomic E-state index is 12.0. The first-order valence-electron chi connectivity index (χ1n) is 6.31. The van der Waals surface area contributed by atoms with Crippen LogP contribution in [0.1, 0.15) is 46.5 Å². The van der Waals surface area contributed by atoms with E-state index in [1.165, 1.54) is 4.90 Å². The number of ketones is 1. The van der Waals surface area contributed by atoms with Gasteiger partial charge in [0.05, 0.1) is 6.04 Å². The molecule has 4 nitrogen and oxygen atoms in total. The lowest BCUT2D eigenvalue weighted by molar-refractivity contribution is -0.123. The molecule has 1 aliphatic rings. The maximum Gasteiger partial charge on any atom is 0.410 e. The number of hydrogen-bond acceptors (Lipinski definition) is 3. The summed E-state index contributed by atoms with van der Waals surface area (Å²) in [5.41, 5.74) is -0.536. The third kappa shape index (κ3) is 4.06. The van der Waals surface area contributed by atoms with Crippen molar-refractivity contribution < 1.29 is 14.3 Å². The van der Waals surface area contributed by atoms with Crippen molar-refractivity contribution in [1.82, 2.24) is 4.90 Å². The van der Waals surface area contributed by atoms with E-state index in [-0.39, 0.29) is 11.8 Å². The van der Waals surface area contributed by atoms with Crippen LogP contribution in [0.3, 0.4) is 0 Å². The molecule has 0 aromatic heterocycles. The van der Waals surface area contributed by atoms with Gasteiger partial charge in [0.1, 0.15) is 5.60 Å². The Morgan fingerprint density at radius 1 is 1.44 bits per heavy atom. The standard InChI is InChI=1S/C14H21NO3/c1-5-6-9-12(16)11-8-7-10-15(11)13(17)18-14(2,3)4/h1,11H,6-10H2,2-4H3/t11-/m1/s1. The number of likely N-dealkylation sites (tertiary alicyclic amines) is 1. The lowest BCUT2D eigenvalue weighted by Gasteiger charge is -2.27. The molecule has 0 spiro atoms. The predicted molar refractivity (Wildman–Crippen MR) is 69.0 cm³/mol. The first kappa shape index (κ1) is 14.6. The summed E-state index contributed by atoms with van der Waals surface area (Å²) < 4.78 is 5.30. The summed E-state index contributed by atoms with van der Waals surface area (Å²) in [4.78, 5) is 25.4. The topological polar surface area (TPSA) is 46.6 Å². The fourth-order valence-corrected chi connectivity index (χ4v) is 2.00. The number of Topliss-reactive ketones (excluding diaryl/α,β-unsaturated/α-hetero) is 1. The van der Waals surface area contributed by atoms with Crippen molar-refractivity contribution in [3.05, 3.63) is 0 Å². The van der Waals surface area contributed by atoms with E-state index in [0.717, 1.165) is 6.42 Å². The van der Waals surface area contributed by atoms with Gasteiger partial charge in [0.2, 0.25) is 0 Å². The zero-order chi connectivity index (χ0) is 13.8. The number of terminal acetylenes is 1. The van der Waals surface area contributed by atoms with Crippen molar-refractivity contribution in [2.75, 3.05) is 6.54 Å². The molecule has 1 rings (SSSR count). The van der Waals surface area contributed by atoms with Crippen molar-refractivity contribution in [2.45, 2.75) is 58.1 Å². The number of hydrogen-bond donors (Lipinski definition) is 0. The van der Waals surface area contributed by atoms with E-state index in [2.05, 4.69) is 5.92 Å². The molecule has 1 fully saturated rings. The highest BCUT2D eigenvalue weighted by molar-refractivity contribution is 5.88. The third-order valence-corrected chi connectivity index (χ3v) is 2.77. The second-order valence-electron chi connectivity index (χ2n) is 5.50. The number of nitrogens with zero attached hydrogens (tertiary/aromatic N) is 1. The first-order chi connectivity index (χ1) is 8.35. The van der Waals surface area contributed by atoms with Crippen LogP contribution < -0.4 is 0 Å². The lowest BCUT2D eigenvalue weighted by atomic mass is 10.1. The summed E-state index contributed by atoms with van der Waals surface area (Å²) in [6, 6.07) is -0.354. The molecule has 0 bridgehead atoms. The second-order valence-corrected chi connectivity index (χ2v) is 5.50. The Morgan fingerprint density at radius 2 is 2.11 bits per heavy atom. The average molecular weight is 251 g/mol. The highest BCUT2D eigenvalue weighted by atomic mass is 16.6. The number of amides is 1. The summed E-state index contributed by atoms with van der Waals surface area (Å²) in [7, 11) is 0. The van der Waals surface area contributed by atoms with Gasteiger partial charge in [0.15, 0.2) is 5.78 Å². The van der Waals surface area contributed by atoms with Crippen molar-refractivity contribution in [1.29, 1.82) is 0 Å². The molecule has 0 aromatic carbocycles. The molecule has 1 amide bonds. The molecule has 0 radical (unpaired) electrons. The monoisotopic (exact) mass is 251 g/mol. The van der Waals surface area contributed by atoms with Gasteiger partial charge in [-0.2, -0.15) is 0 Å². The summed E-state index contributed by atoms with van der Waals surface area (Å²) in [5.74, 6) is 2.49. The number of carbonyl (C=O) groups is 2. The van der Waals surface area contributed by atoms with Crippen LogP contribution in [0.4, 0.5) is 4.79 Å². The normalized spacial score (nSPS) is 19.4. The summed E-state index contributed by atoms with van der Waals surface area (Å²) >= 11 is 0. The Kier molecular flexibility index (Phi) is 4.77. The van der Waals surface area contributed by atoms with E-state index >= 15 is 0 Å². The van der Waals surface area contributed by atoms with Crippen LogP contribution in [-0.2, 0) is 9.53 Å². The van der Waals surface area contributed by atoms with E-state index in [4.69, 9.17) is 11.2 Å². The molecular formula is C14H21NO3. The molecule has 0 aliphatic carbocycles. The third-order valence-electron chi connectivity index (χ3n) is 2.77. The Balaban J connectivity index is 2.62. The Hall–Kier alpha value is -1.50. The van der Waals surface area contributed by atoms with Crippen LogP contribution in [0.5, 0.6) is 0 Å². The van der Waals surface area contributed by atoms with Gasteiger partial charge in [-0.25, -0.2) is 4.79 Å². The number of carbonyl (C=O) groups excluding carboxylic acids is 2. The van der Waals surface area contributed by atoms with Crippen molar-refractivity contribution in [3.8, 4) is 12.3 Å². The van der Waals surface area contributed by atoms with Gasteiger partial charge < -0.3 is 4.74 Å². The molecule has 4 heteroatoms. The molecule has 0 saturated carbocycles. The fraction of sp³-hybridized carbons (Fsp3) is 0.714. The molecule has 1 saturated heterocycles. The van der Waals surface area contributed by atoms with Crippen molar-refractivity contribution in [3.63, 3.8) is 0 Å². The van der Waals surface area contributed by atoms with Gasteiger partial charge >= 0.3 is 6.09 Å². The Labute approximate surface area is 109 Å². The summed E-state index contributed by atoms with van der Waals surface area (Å²) in [6.45, 7) is 6.03. The minimum absolute atomic E-state index is 0.0382. The SMILES string of the molecule is C#CCCC(=O)[C@H]1CCCN1C(=O)OC(C)(C)C. The molecule has 1 heterocycles. The molecule has 1 aliphatic heterocycles. The molecule has 0 unspecified atom stereocenters. The molecule has 100 valence electrons. The van der Waals surface area contributed by atoms with Crippen LogP contribution in [0.2, 0.25) is 0 Å². The molecular weight excluding hydrogens is 230 g/mol. The van der Waals surface area contributed by atoms with E-state index < -0.39 is 11.7 Å². The van der Waals surface area contributed by atoms with Gasteiger partial charge in [-0.05, 0) is 33.6 Å². The van der Waals surface area contributed by atoms with Gasteiger partial charge in [-0.1, -0.05) is 0 Å². The van der Waals surface area contributed by atoms with Crippen LogP contribution in [0.15, 0.2) is 0 Å². The average Bonchev–Trinajstić information content (AvgIpc) is 2.72. The van der Waals surface area contributed by atoms with Gasteiger partial charge in [0, 0.05) is 19.4 Å². The lowest BCUT2D eigenvalue weighted by Crippen LogP contribution is -2.43. The highest BCUT2D eigenvalue weighted by Gasteiger charge is 2.35. The second kappa shape index (κ2) is 5.90. The molecule has 18 heavy (non-hydrogen) atoms.